The molecule has 0 saturated carbocycles. The summed E-state index contributed by atoms with van der Waals surface area (Å²) in [6.45, 7) is 8.66. The van der Waals surface area contributed by atoms with Gasteiger partial charge in [0.25, 0.3) is 0 Å². The zero-order valence-electron chi connectivity index (χ0n) is 11.9. The van der Waals surface area contributed by atoms with Crippen LogP contribution in [-0.2, 0) is 12.8 Å². The molecule has 0 nitrogen and oxygen atoms in total. The SMILES string of the molecule is C=C(Cc1ccccc1CCC)c1ccccc1C. The smallest absolute Gasteiger partial charge is 0.00229 e. The van der Waals surface area contributed by atoms with E-state index in [-0.39, 0.29) is 0 Å². The predicted molar refractivity (Wildman–Crippen MR) is 84.4 cm³/mol. The van der Waals surface area contributed by atoms with Crippen molar-refractivity contribution in [2.75, 3.05) is 0 Å². The molecule has 0 aromatic heterocycles. The van der Waals surface area contributed by atoms with Gasteiger partial charge in [-0.2, -0.15) is 0 Å². The highest BCUT2D eigenvalue weighted by molar-refractivity contribution is 5.68. The van der Waals surface area contributed by atoms with Crippen molar-refractivity contribution in [1.82, 2.24) is 0 Å². The van der Waals surface area contributed by atoms with Crippen molar-refractivity contribution in [1.29, 1.82) is 0 Å². The number of hydrogen-bond donors (Lipinski definition) is 0. The molecule has 0 radical (unpaired) electrons. The van der Waals surface area contributed by atoms with Crippen molar-refractivity contribution in [3.05, 3.63) is 77.4 Å². The Labute approximate surface area is 116 Å². The second-order valence-electron chi connectivity index (χ2n) is 5.11. The van der Waals surface area contributed by atoms with Crippen molar-refractivity contribution in [3.63, 3.8) is 0 Å². The molecule has 0 aliphatic heterocycles. The summed E-state index contributed by atoms with van der Waals surface area (Å²) in [7, 11) is 0. The van der Waals surface area contributed by atoms with E-state index in [2.05, 4.69) is 69.0 Å². The molecule has 0 N–H and O–H groups in total. The van der Waals surface area contributed by atoms with E-state index >= 15 is 0 Å². The molecule has 0 aliphatic carbocycles. The third-order valence-corrected chi connectivity index (χ3v) is 3.57. The molecule has 0 spiro atoms. The molecule has 98 valence electrons. The minimum absolute atomic E-state index is 0.945. The van der Waals surface area contributed by atoms with Crippen LogP contribution in [0.2, 0.25) is 0 Å². The van der Waals surface area contributed by atoms with Crippen LogP contribution in [0.5, 0.6) is 0 Å². The Morgan fingerprint density at radius 1 is 0.947 bits per heavy atom. The molecule has 0 aliphatic rings. The van der Waals surface area contributed by atoms with Gasteiger partial charge in [-0.3, -0.25) is 0 Å². The maximum Gasteiger partial charge on any atom is -0.00229 e. The molecule has 0 heteroatoms. The predicted octanol–water partition coefficient (Wildman–Crippen LogP) is 5.20. The van der Waals surface area contributed by atoms with Crippen LogP contribution in [0, 0.1) is 6.92 Å². The van der Waals surface area contributed by atoms with E-state index in [9.17, 15) is 0 Å². The normalized spacial score (nSPS) is 10.4. The van der Waals surface area contributed by atoms with E-state index in [4.69, 9.17) is 0 Å². The van der Waals surface area contributed by atoms with E-state index in [1.807, 2.05) is 0 Å². The van der Waals surface area contributed by atoms with Gasteiger partial charge in [0.15, 0.2) is 0 Å². The summed E-state index contributed by atoms with van der Waals surface area (Å²) in [5.41, 5.74) is 6.67. The van der Waals surface area contributed by atoms with Gasteiger partial charge in [0.2, 0.25) is 0 Å². The monoisotopic (exact) mass is 250 g/mol. The summed E-state index contributed by atoms with van der Waals surface area (Å²) in [5, 5.41) is 0. The Balaban J connectivity index is 2.22. The fourth-order valence-electron chi connectivity index (χ4n) is 2.54. The van der Waals surface area contributed by atoms with Gasteiger partial charge >= 0.3 is 0 Å². The highest BCUT2D eigenvalue weighted by Gasteiger charge is 2.06. The van der Waals surface area contributed by atoms with Gasteiger partial charge in [0, 0.05) is 0 Å². The molecule has 2 aromatic carbocycles. The van der Waals surface area contributed by atoms with Gasteiger partial charge in [-0.05, 0) is 47.6 Å². The summed E-state index contributed by atoms with van der Waals surface area (Å²) >= 11 is 0. The third kappa shape index (κ3) is 3.35. The highest BCUT2D eigenvalue weighted by Crippen LogP contribution is 2.23. The van der Waals surface area contributed by atoms with Gasteiger partial charge in [-0.1, -0.05) is 68.5 Å². The van der Waals surface area contributed by atoms with Gasteiger partial charge < -0.3 is 0 Å². The lowest BCUT2D eigenvalue weighted by atomic mass is 9.93. The number of hydrogen-bond acceptors (Lipinski definition) is 0. The first kappa shape index (κ1) is 13.6. The number of rotatable bonds is 5. The zero-order chi connectivity index (χ0) is 13.7. The molecular formula is C19H22. The van der Waals surface area contributed by atoms with E-state index in [0.29, 0.717) is 0 Å². The molecule has 0 fully saturated rings. The van der Waals surface area contributed by atoms with Crippen LogP contribution in [0.15, 0.2) is 55.1 Å². The van der Waals surface area contributed by atoms with E-state index in [0.717, 1.165) is 12.8 Å². The molecule has 0 amide bonds. The highest BCUT2D eigenvalue weighted by atomic mass is 14.1. The zero-order valence-corrected chi connectivity index (χ0v) is 11.9. The van der Waals surface area contributed by atoms with E-state index in [1.165, 1.54) is 34.2 Å². The summed E-state index contributed by atoms with van der Waals surface area (Å²) in [4.78, 5) is 0. The molecule has 0 saturated heterocycles. The fourth-order valence-corrected chi connectivity index (χ4v) is 2.54. The lowest BCUT2D eigenvalue weighted by molar-refractivity contribution is 0.907. The second-order valence-corrected chi connectivity index (χ2v) is 5.11. The van der Waals surface area contributed by atoms with Crippen molar-refractivity contribution < 1.29 is 0 Å². The van der Waals surface area contributed by atoms with Crippen molar-refractivity contribution in [2.24, 2.45) is 0 Å². The maximum atomic E-state index is 4.28. The first-order valence-electron chi connectivity index (χ1n) is 7.03. The largest absolute Gasteiger partial charge is 0.0949 e. The van der Waals surface area contributed by atoms with Crippen LogP contribution >= 0.6 is 0 Å². The number of allylic oxidation sites excluding steroid dienone is 1. The lowest BCUT2D eigenvalue weighted by Gasteiger charge is -2.12. The van der Waals surface area contributed by atoms with Crippen LogP contribution in [-0.4, -0.2) is 0 Å². The molecular weight excluding hydrogens is 228 g/mol. The maximum absolute atomic E-state index is 4.28. The molecule has 2 rings (SSSR count). The van der Waals surface area contributed by atoms with Gasteiger partial charge in [-0.25, -0.2) is 0 Å². The third-order valence-electron chi connectivity index (χ3n) is 3.57. The van der Waals surface area contributed by atoms with E-state index in [1.54, 1.807) is 0 Å². The molecule has 0 heterocycles. The molecule has 0 unspecified atom stereocenters. The summed E-state index contributed by atoms with van der Waals surface area (Å²) in [6.07, 6.45) is 3.28. The fraction of sp³-hybridized carbons (Fsp3) is 0.263. The van der Waals surface area contributed by atoms with Crippen molar-refractivity contribution in [3.8, 4) is 0 Å². The van der Waals surface area contributed by atoms with Crippen molar-refractivity contribution >= 4 is 5.57 Å². The van der Waals surface area contributed by atoms with Crippen LogP contribution < -0.4 is 0 Å². The first-order valence-corrected chi connectivity index (χ1v) is 7.03. The topological polar surface area (TPSA) is 0 Å². The Morgan fingerprint density at radius 3 is 2.26 bits per heavy atom. The Morgan fingerprint density at radius 2 is 1.58 bits per heavy atom. The minimum Gasteiger partial charge on any atom is -0.0949 e. The minimum atomic E-state index is 0.945. The van der Waals surface area contributed by atoms with Crippen molar-refractivity contribution in [2.45, 2.75) is 33.1 Å². The standard InChI is InChI=1S/C19H22/c1-4-9-17-11-6-7-12-18(17)14-16(3)19-13-8-5-10-15(19)2/h5-8,10-13H,3-4,9,14H2,1-2H3. The Bertz CT molecular complexity index is 564. The Hall–Kier alpha value is -1.82. The lowest BCUT2D eigenvalue weighted by Crippen LogP contribution is -1.97. The average Bonchev–Trinajstić information content (AvgIpc) is 2.41. The van der Waals surface area contributed by atoms with Gasteiger partial charge in [0.1, 0.15) is 0 Å². The average molecular weight is 250 g/mol. The molecule has 2 aromatic rings. The van der Waals surface area contributed by atoms with Gasteiger partial charge in [-0.15, -0.1) is 0 Å². The van der Waals surface area contributed by atoms with Crippen LogP contribution in [0.1, 0.15) is 35.6 Å². The first-order chi connectivity index (χ1) is 9.22. The number of benzene rings is 2. The molecule has 0 atom stereocenters. The summed E-state index contributed by atoms with van der Waals surface area (Å²) < 4.78 is 0. The van der Waals surface area contributed by atoms with Gasteiger partial charge in [0.05, 0.1) is 0 Å². The Kier molecular flexibility index (Phi) is 4.57. The second kappa shape index (κ2) is 6.38. The summed E-state index contributed by atoms with van der Waals surface area (Å²) in [5.74, 6) is 0. The van der Waals surface area contributed by atoms with Crippen LogP contribution in [0.4, 0.5) is 0 Å². The van der Waals surface area contributed by atoms with Crippen LogP contribution in [0.3, 0.4) is 0 Å². The quantitative estimate of drug-likeness (QED) is 0.684. The number of aryl methyl sites for hydroxylation is 2. The molecule has 0 bridgehead atoms. The summed E-state index contributed by atoms with van der Waals surface area (Å²) in [6, 6.07) is 17.2. The van der Waals surface area contributed by atoms with E-state index < -0.39 is 0 Å². The van der Waals surface area contributed by atoms with Crippen LogP contribution in [0.25, 0.3) is 5.57 Å². The molecule has 19 heavy (non-hydrogen) atoms.